The molecule has 0 aliphatic rings. The van der Waals surface area contributed by atoms with E-state index in [1.807, 2.05) is 24.3 Å². The summed E-state index contributed by atoms with van der Waals surface area (Å²) in [5.74, 6) is 0. The number of furan rings is 1. The summed E-state index contributed by atoms with van der Waals surface area (Å²) < 4.78 is 5.95. The smallest absolute Gasteiger partial charge is 0.174 e. The van der Waals surface area contributed by atoms with Crippen molar-refractivity contribution in [1.82, 2.24) is 0 Å². The minimum atomic E-state index is -0.191. The maximum atomic E-state index is 6.34. The Hall–Kier alpha value is -1.58. The predicted molar refractivity (Wildman–Crippen MR) is 76.4 cm³/mol. The van der Waals surface area contributed by atoms with Gasteiger partial charge in [0.15, 0.2) is 4.67 Å². The first kappa shape index (κ1) is 11.5. The number of halogens is 1. The Kier molecular flexibility index (Phi) is 2.94. The molecule has 0 spiro atoms. The van der Waals surface area contributed by atoms with E-state index in [2.05, 4.69) is 40.2 Å². The van der Waals surface area contributed by atoms with Crippen molar-refractivity contribution in [2.45, 2.75) is 6.04 Å². The zero-order chi connectivity index (χ0) is 12.5. The molecular weight excluding hydrogens is 290 g/mol. The average molecular weight is 302 g/mol. The van der Waals surface area contributed by atoms with Crippen LogP contribution in [0.3, 0.4) is 0 Å². The van der Waals surface area contributed by atoms with E-state index in [1.165, 1.54) is 10.8 Å². The Morgan fingerprint density at radius 1 is 0.944 bits per heavy atom. The summed E-state index contributed by atoms with van der Waals surface area (Å²) in [4.78, 5) is 0. The summed E-state index contributed by atoms with van der Waals surface area (Å²) >= 11 is 3.38. The first-order valence-electron chi connectivity index (χ1n) is 5.73. The van der Waals surface area contributed by atoms with Gasteiger partial charge in [0.05, 0.1) is 12.3 Å². The molecule has 0 aliphatic heterocycles. The molecule has 0 aliphatic carbocycles. The van der Waals surface area contributed by atoms with Gasteiger partial charge in [-0.05, 0) is 38.3 Å². The number of hydrogen-bond acceptors (Lipinski definition) is 2. The van der Waals surface area contributed by atoms with Crippen LogP contribution in [0.4, 0.5) is 0 Å². The number of rotatable bonds is 2. The van der Waals surface area contributed by atoms with Gasteiger partial charge >= 0.3 is 0 Å². The largest absolute Gasteiger partial charge is 0.457 e. The highest BCUT2D eigenvalue weighted by Crippen LogP contribution is 2.31. The molecule has 0 fully saturated rings. The van der Waals surface area contributed by atoms with Crippen molar-refractivity contribution < 1.29 is 4.42 Å². The highest BCUT2D eigenvalue weighted by atomic mass is 79.9. The fraction of sp³-hybridized carbons (Fsp3) is 0.0667. The van der Waals surface area contributed by atoms with Gasteiger partial charge in [-0.1, -0.05) is 42.5 Å². The van der Waals surface area contributed by atoms with Crippen molar-refractivity contribution >= 4 is 26.7 Å². The molecular formula is C15H12BrNO. The van der Waals surface area contributed by atoms with Crippen molar-refractivity contribution in [3.63, 3.8) is 0 Å². The van der Waals surface area contributed by atoms with Crippen molar-refractivity contribution in [3.8, 4) is 0 Å². The predicted octanol–water partition coefficient (Wildman–Crippen LogP) is 4.24. The molecule has 18 heavy (non-hydrogen) atoms. The Morgan fingerprint density at radius 2 is 1.72 bits per heavy atom. The van der Waals surface area contributed by atoms with Gasteiger partial charge in [-0.2, -0.15) is 0 Å². The van der Waals surface area contributed by atoms with Gasteiger partial charge in [0, 0.05) is 5.56 Å². The van der Waals surface area contributed by atoms with Crippen LogP contribution in [-0.4, -0.2) is 0 Å². The summed E-state index contributed by atoms with van der Waals surface area (Å²) in [7, 11) is 0. The molecule has 0 radical (unpaired) electrons. The number of nitrogens with two attached hydrogens (primary N) is 1. The molecule has 1 unspecified atom stereocenters. The summed E-state index contributed by atoms with van der Waals surface area (Å²) in [6.45, 7) is 0. The van der Waals surface area contributed by atoms with E-state index < -0.39 is 0 Å². The van der Waals surface area contributed by atoms with Gasteiger partial charge < -0.3 is 10.2 Å². The highest BCUT2D eigenvalue weighted by Gasteiger charge is 2.16. The van der Waals surface area contributed by atoms with Gasteiger partial charge in [-0.3, -0.25) is 0 Å². The summed E-state index contributed by atoms with van der Waals surface area (Å²) in [5.41, 5.74) is 8.41. The molecule has 90 valence electrons. The molecule has 1 heterocycles. The molecule has 1 aromatic heterocycles. The molecule has 0 amide bonds. The lowest BCUT2D eigenvalue weighted by Gasteiger charge is -2.13. The third kappa shape index (κ3) is 1.85. The lowest BCUT2D eigenvalue weighted by atomic mass is 9.96. The second kappa shape index (κ2) is 4.59. The van der Waals surface area contributed by atoms with E-state index in [-0.39, 0.29) is 6.04 Å². The van der Waals surface area contributed by atoms with Gasteiger partial charge in [-0.25, -0.2) is 0 Å². The molecule has 3 rings (SSSR count). The van der Waals surface area contributed by atoms with Crippen LogP contribution in [0.25, 0.3) is 10.8 Å². The monoisotopic (exact) mass is 301 g/mol. The molecule has 3 aromatic rings. The number of hydrogen-bond donors (Lipinski definition) is 1. The molecule has 0 saturated heterocycles. The van der Waals surface area contributed by atoms with E-state index >= 15 is 0 Å². The standard InChI is InChI=1S/C15H12BrNO/c16-15-13(8-9-18-15)14(17)12-7-3-5-10-4-1-2-6-11(10)12/h1-9,14H,17H2. The fourth-order valence-electron chi connectivity index (χ4n) is 2.22. The topological polar surface area (TPSA) is 39.2 Å². The summed E-state index contributed by atoms with van der Waals surface area (Å²) in [6, 6.07) is 16.2. The van der Waals surface area contributed by atoms with E-state index in [4.69, 9.17) is 10.2 Å². The minimum Gasteiger partial charge on any atom is -0.457 e. The lowest BCUT2D eigenvalue weighted by molar-refractivity contribution is 0.535. The Bertz CT molecular complexity index is 684. The number of fused-ring (bicyclic) bond motifs is 1. The molecule has 0 bridgehead atoms. The molecule has 2 N–H and O–H groups in total. The fourth-order valence-corrected chi connectivity index (χ4v) is 2.70. The van der Waals surface area contributed by atoms with Crippen LogP contribution in [-0.2, 0) is 0 Å². The third-order valence-electron chi connectivity index (χ3n) is 3.14. The van der Waals surface area contributed by atoms with Crippen LogP contribution in [0.2, 0.25) is 0 Å². The Labute approximate surface area is 114 Å². The zero-order valence-electron chi connectivity index (χ0n) is 9.64. The molecule has 3 heteroatoms. The molecule has 0 saturated carbocycles. The lowest BCUT2D eigenvalue weighted by Crippen LogP contribution is -2.11. The first-order chi connectivity index (χ1) is 8.77. The maximum absolute atomic E-state index is 6.34. The van der Waals surface area contributed by atoms with Crippen molar-refractivity contribution in [2.24, 2.45) is 5.73 Å². The van der Waals surface area contributed by atoms with Crippen LogP contribution < -0.4 is 5.73 Å². The maximum Gasteiger partial charge on any atom is 0.174 e. The van der Waals surface area contributed by atoms with Gasteiger partial charge in [0.2, 0.25) is 0 Å². The SMILES string of the molecule is NC(c1ccoc1Br)c1cccc2ccccc12. The minimum absolute atomic E-state index is 0.191. The second-order valence-corrected chi connectivity index (χ2v) is 4.92. The molecule has 2 aromatic carbocycles. The van der Waals surface area contributed by atoms with Crippen LogP contribution >= 0.6 is 15.9 Å². The van der Waals surface area contributed by atoms with E-state index in [0.717, 1.165) is 11.1 Å². The molecule has 2 nitrogen and oxygen atoms in total. The summed E-state index contributed by atoms with van der Waals surface area (Å²) in [6.07, 6.45) is 1.64. The highest BCUT2D eigenvalue weighted by molar-refractivity contribution is 9.10. The van der Waals surface area contributed by atoms with E-state index in [9.17, 15) is 0 Å². The van der Waals surface area contributed by atoms with Crippen molar-refractivity contribution in [1.29, 1.82) is 0 Å². The average Bonchev–Trinajstić information content (AvgIpc) is 2.83. The van der Waals surface area contributed by atoms with Crippen LogP contribution in [0.1, 0.15) is 17.2 Å². The normalized spacial score (nSPS) is 12.8. The summed E-state index contributed by atoms with van der Waals surface area (Å²) in [5, 5.41) is 2.38. The van der Waals surface area contributed by atoms with Crippen molar-refractivity contribution in [2.75, 3.05) is 0 Å². The van der Waals surface area contributed by atoms with E-state index in [1.54, 1.807) is 6.26 Å². The van der Waals surface area contributed by atoms with Crippen LogP contribution in [0.15, 0.2) is 63.9 Å². The first-order valence-corrected chi connectivity index (χ1v) is 6.53. The Morgan fingerprint density at radius 3 is 2.50 bits per heavy atom. The quantitative estimate of drug-likeness (QED) is 0.769. The number of benzene rings is 2. The van der Waals surface area contributed by atoms with E-state index in [0.29, 0.717) is 4.67 Å². The Balaban J connectivity index is 2.18. The van der Waals surface area contributed by atoms with Crippen LogP contribution in [0, 0.1) is 0 Å². The molecule has 1 atom stereocenters. The second-order valence-electron chi connectivity index (χ2n) is 4.20. The van der Waals surface area contributed by atoms with Gasteiger partial charge in [0.1, 0.15) is 0 Å². The third-order valence-corrected chi connectivity index (χ3v) is 3.78. The van der Waals surface area contributed by atoms with Gasteiger partial charge in [-0.15, -0.1) is 0 Å². The van der Waals surface area contributed by atoms with Crippen molar-refractivity contribution in [3.05, 3.63) is 70.6 Å². The zero-order valence-corrected chi connectivity index (χ0v) is 11.2. The van der Waals surface area contributed by atoms with Crippen LogP contribution in [0.5, 0.6) is 0 Å². The van der Waals surface area contributed by atoms with Gasteiger partial charge in [0.25, 0.3) is 0 Å².